The first-order valence-corrected chi connectivity index (χ1v) is 8.02. The van der Waals surface area contributed by atoms with Crippen LogP contribution < -0.4 is 9.80 Å². The van der Waals surface area contributed by atoms with Gasteiger partial charge in [-0.3, -0.25) is 9.59 Å². The highest BCUT2D eigenvalue weighted by Gasteiger charge is 2.50. The van der Waals surface area contributed by atoms with Crippen LogP contribution in [-0.2, 0) is 9.59 Å². The lowest BCUT2D eigenvalue weighted by molar-refractivity contribution is -0.142. The van der Waals surface area contributed by atoms with Crippen molar-refractivity contribution in [2.75, 3.05) is 38.0 Å². The van der Waals surface area contributed by atoms with E-state index < -0.39 is 11.8 Å². The first-order valence-electron chi connectivity index (χ1n) is 8.02. The molecule has 0 radical (unpaired) electrons. The summed E-state index contributed by atoms with van der Waals surface area (Å²) in [5.41, 5.74) is 3.68. The molecule has 0 saturated heterocycles. The third-order valence-electron chi connectivity index (χ3n) is 4.62. The molecule has 1 fully saturated rings. The van der Waals surface area contributed by atoms with Crippen LogP contribution in [0.15, 0.2) is 48.5 Å². The molecule has 0 aliphatic heterocycles. The van der Waals surface area contributed by atoms with Gasteiger partial charge in [-0.05, 0) is 35.4 Å². The van der Waals surface area contributed by atoms with Crippen molar-refractivity contribution in [2.24, 2.45) is 0 Å². The number of ketones is 2. The van der Waals surface area contributed by atoms with Crippen LogP contribution in [0.3, 0.4) is 0 Å². The molecule has 0 amide bonds. The van der Waals surface area contributed by atoms with E-state index in [1.54, 1.807) is 0 Å². The highest BCUT2D eigenvalue weighted by Crippen LogP contribution is 2.41. The van der Waals surface area contributed by atoms with Crippen molar-refractivity contribution in [2.45, 2.75) is 11.8 Å². The fourth-order valence-electron chi connectivity index (χ4n) is 3.10. The molecule has 0 N–H and O–H groups in total. The fourth-order valence-corrected chi connectivity index (χ4v) is 3.10. The number of hydrogen-bond donors (Lipinski definition) is 0. The molecular formula is C20H22N2O2. The van der Waals surface area contributed by atoms with Crippen LogP contribution in [0.2, 0.25) is 0 Å². The minimum absolute atomic E-state index is 0.00444. The van der Waals surface area contributed by atoms with Crippen molar-refractivity contribution in [3.8, 4) is 0 Å². The molecule has 3 rings (SSSR count). The van der Waals surface area contributed by atoms with E-state index in [-0.39, 0.29) is 11.6 Å². The number of nitrogens with zero attached hydrogens (tertiary/aromatic N) is 2. The molecule has 124 valence electrons. The average Bonchev–Trinajstić information content (AvgIpc) is 2.56. The molecule has 0 aromatic heterocycles. The molecule has 4 nitrogen and oxygen atoms in total. The van der Waals surface area contributed by atoms with Gasteiger partial charge in [-0.25, -0.2) is 0 Å². The van der Waals surface area contributed by atoms with E-state index in [4.69, 9.17) is 0 Å². The maximum Gasteiger partial charge on any atom is 0.162 e. The number of carbonyl (C=O) groups excluding carboxylic acids is 2. The van der Waals surface area contributed by atoms with Gasteiger partial charge >= 0.3 is 0 Å². The number of rotatable bonds is 4. The van der Waals surface area contributed by atoms with E-state index in [2.05, 4.69) is 0 Å². The van der Waals surface area contributed by atoms with E-state index in [0.29, 0.717) is 0 Å². The summed E-state index contributed by atoms with van der Waals surface area (Å²) in [5.74, 6) is -1.23. The van der Waals surface area contributed by atoms with Gasteiger partial charge in [0.25, 0.3) is 0 Å². The van der Waals surface area contributed by atoms with Crippen LogP contribution in [0.1, 0.15) is 23.0 Å². The molecule has 24 heavy (non-hydrogen) atoms. The number of benzene rings is 2. The Kier molecular flexibility index (Phi) is 4.14. The Morgan fingerprint density at radius 1 is 0.583 bits per heavy atom. The fraction of sp³-hybridized carbons (Fsp3) is 0.300. The Labute approximate surface area is 142 Å². The number of anilines is 2. The van der Waals surface area contributed by atoms with E-state index in [1.165, 1.54) is 0 Å². The minimum atomic E-state index is -0.611. The smallest absolute Gasteiger partial charge is 0.162 e. The quantitative estimate of drug-likeness (QED) is 0.812. The zero-order valence-electron chi connectivity index (χ0n) is 14.5. The van der Waals surface area contributed by atoms with Gasteiger partial charge in [-0.1, -0.05) is 24.3 Å². The second kappa shape index (κ2) is 6.11. The molecule has 1 aliphatic carbocycles. The Bertz CT molecular complexity index is 682. The zero-order chi connectivity index (χ0) is 17.4. The van der Waals surface area contributed by atoms with Crippen molar-refractivity contribution in [3.05, 3.63) is 59.7 Å². The Hall–Kier alpha value is -2.62. The van der Waals surface area contributed by atoms with E-state index in [1.807, 2.05) is 86.5 Å². The summed E-state index contributed by atoms with van der Waals surface area (Å²) in [7, 11) is 7.84. The highest BCUT2D eigenvalue weighted by atomic mass is 16.2. The van der Waals surface area contributed by atoms with Crippen LogP contribution in [0.25, 0.3) is 0 Å². The van der Waals surface area contributed by atoms with Gasteiger partial charge in [-0.2, -0.15) is 0 Å². The standard InChI is InChI=1S/C20H22N2O2/c1-21(2)15-9-5-13(6-10-15)17-19(23)18(20(17)24)14-7-11-16(12-8-14)22(3)4/h5-12,17-18H,1-4H3. The molecule has 2 aromatic rings. The monoisotopic (exact) mass is 322 g/mol. The van der Waals surface area contributed by atoms with Gasteiger partial charge in [-0.15, -0.1) is 0 Å². The Balaban J connectivity index is 1.79. The number of hydrogen-bond acceptors (Lipinski definition) is 4. The third-order valence-corrected chi connectivity index (χ3v) is 4.62. The highest BCUT2D eigenvalue weighted by molar-refractivity contribution is 6.31. The van der Waals surface area contributed by atoms with Gasteiger partial charge in [0.05, 0.1) is 0 Å². The maximum absolute atomic E-state index is 12.6. The Morgan fingerprint density at radius 2 is 0.875 bits per heavy atom. The van der Waals surface area contributed by atoms with Crippen molar-refractivity contribution in [1.29, 1.82) is 0 Å². The molecule has 0 atom stereocenters. The number of Topliss-reactive ketones (excluding diaryl/α,β-unsaturated/α-hetero) is 2. The van der Waals surface area contributed by atoms with Crippen LogP contribution >= 0.6 is 0 Å². The predicted molar refractivity (Wildman–Crippen MR) is 97.0 cm³/mol. The van der Waals surface area contributed by atoms with Crippen molar-refractivity contribution < 1.29 is 9.59 Å². The molecule has 2 aromatic carbocycles. The van der Waals surface area contributed by atoms with Gasteiger partial charge in [0.15, 0.2) is 11.6 Å². The van der Waals surface area contributed by atoms with Gasteiger partial charge in [0, 0.05) is 39.6 Å². The summed E-state index contributed by atoms with van der Waals surface area (Å²) in [6.45, 7) is 0. The lowest BCUT2D eigenvalue weighted by Crippen LogP contribution is -2.44. The molecule has 1 saturated carbocycles. The van der Waals surface area contributed by atoms with Gasteiger partial charge in [0.2, 0.25) is 0 Å². The number of carbonyl (C=O) groups is 2. The first kappa shape index (κ1) is 16.2. The molecule has 1 aliphatic rings. The van der Waals surface area contributed by atoms with Crippen LogP contribution in [0.5, 0.6) is 0 Å². The second-order valence-electron chi connectivity index (χ2n) is 6.64. The molecular weight excluding hydrogens is 300 g/mol. The molecule has 0 spiro atoms. The second-order valence-corrected chi connectivity index (χ2v) is 6.64. The van der Waals surface area contributed by atoms with Crippen molar-refractivity contribution in [3.63, 3.8) is 0 Å². The summed E-state index contributed by atoms with van der Waals surface area (Å²) in [5, 5.41) is 0. The normalized spacial score (nSPS) is 19.8. The van der Waals surface area contributed by atoms with E-state index in [9.17, 15) is 9.59 Å². The van der Waals surface area contributed by atoms with Gasteiger partial charge in [0.1, 0.15) is 11.8 Å². The SMILES string of the molecule is CN(C)c1ccc(C2C(=O)C(c3ccc(N(C)C)cc3)C2=O)cc1. The largest absolute Gasteiger partial charge is 0.378 e. The van der Waals surface area contributed by atoms with E-state index >= 15 is 0 Å². The minimum Gasteiger partial charge on any atom is -0.378 e. The lowest BCUT2D eigenvalue weighted by Gasteiger charge is -2.32. The van der Waals surface area contributed by atoms with Crippen molar-refractivity contribution >= 4 is 22.9 Å². The lowest BCUT2D eigenvalue weighted by atomic mass is 9.66. The Morgan fingerprint density at radius 3 is 1.12 bits per heavy atom. The van der Waals surface area contributed by atoms with Gasteiger partial charge < -0.3 is 9.80 Å². The first-order chi connectivity index (χ1) is 11.4. The zero-order valence-corrected chi connectivity index (χ0v) is 14.5. The average molecular weight is 322 g/mol. The summed E-state index contributed by atoms with van der Waals surface area (Å²) < 4.78 is 0. The van der Waals surface area contributed by atoms with Crippen LogP contribution in [-0.4, -0.2) is 39.8 Å². The molecule has 0 unspecified atom stereocenters. The third kappa shape index (κ3) is 2.68. The van der Waals surface area contributed by atoms with Crippen molar-refractivity contribution in [1.82, 2.24) is 0 Å². The summed E-state index contributed by atoms with van der Waals surface area (Å²) in [6, 6.07) is 15.3. The molecule has 0 heterocycles. The van der Waals surface area contributed by atoms with E-state index in [0.717, 1.165) is 22.5 Å². The topological polar surface area (TPSA) is 40.6 Å². The summed E-state index contributed by atoms with van der Waals surface area (Å²) >= 11 is 0. The predicted octanol–water partition coefficient (Wildman–Crippen LogP) is 2.84. The summed E-state index contributed by atoms with van der Waals surface area (Å²) in [4.78, 5) is 29.1. The van der Waals surface area contributed by atoms with Crippen LogP contribution in [0.4, 0.5) is 11.4 Å². The summed E-state index contributed by atoms with van der Waals surface area (Å²) in [6.07, 6.45) is 0. The van der Waals surface area contributed by atoms with Crippen LogP contribution in [0, 0.1) is 0 Å². The molecule has 0 bridgehead atoms. The molecule has 4 heteroatoms. The maximum atomic E-state index is 12.6.